The van der Waals surface area contributed by atoms with Gasteiger partial charge >= 0.3 is 0 Å². The number of benzene rings is 4. The molecule has 4 atom stereocenters. The van der Waals surface area contributed by atoms with E-state index in [9.17, 15) is 0 Å². The molecule has 0 saturated heterocycles. The van der Waals surface area contributed by atoms with E-state index in [-0.39, 0.29) is 5.92 Å². The Bertz CT molecular complexity index is 2140. The molecule has 4 unspecified atom stereocenters. The molecule has 1 aliphatic heterocycles. The molecule has 4 aromatic carbocycles. The molecule has 0 amide bonds. The highest BCUT2D eigenvalue weighted by Gasteiger charge is 2.31. The van der Waals surface area contributed by atoms with Crippen LogP contribution < -0.4 is 5.32 Å². The first kappa shape index (κ1) is 26.3. The smallest absolute Gasteiger partial charge is 0.224 e. The molecule has 0 spiro atoms. The maximum atomic E-state index is 5.41. The fourth-order valence-electron chi connectivity index (χ4n) is 6.69. The molecule has 5 heteroatoms. The van der Waals surface area contributed by atoms with Gasteiger partial charge in [0.2, 0.25) is 6.29 Å². The van der Waals surface area contributed by atoms with Crippen LogP contribution in [0, 0.1) is 17.8 Å². The molecule has 1 N–H and O–H groups in total. The van der Waals surface area contributed by atoms with E-state index in [0.717, 1.165) is 28.4 Å². The van der Waals surface area contributed by atoms with Crippen LogP contribution >= 0.6 is 0 Å². The van der Waals surface area contributed by atoms with Crippen molar-refractivity contribution in [3.05, 3.63) is 139 Å². The molecule has 44 heavy (non-hydrogen) atoms. The second kappa shape index (κ2) is 10.8. The molecule has 1 aliphatic carbocycles. The third kappa shape index (κ3) is 4.44. The Morgan fingerprint density at radius 2 is 1.50 bits per heavy atom. The van der Waals surface area contributed by atoms with Gasteiger partial charge in [0.15, 0.2) is 5.84 Å². The Morgan fingerprint density at radius 1 is 0.682 bits per heavy atom. The number of hydrogen-bond acceptors (Lipinski definition) is 4. The molecule has 0 radical (unpaired) electrons. The second-order valence-electron chi connectivity index (χ2n) is 11.8. The first-order valence-electron chi connectivity index (χ1n) is 15.4. The third-order valence-corrected chi connectivity index (χ3v) is 9.24. The van der Waals surface area contributed by atoms with Crippen LogP contribution in [0.5, 0.6) is 0 Å². The number of aromatic nitrogens is 2. The van der Waals surface area contributed by atoms with Gasteiger partial charge < -0.3 is 5.32 Å². The van der Waals surface area contributed by atoms with Crippen LogP contribution in [0.3, 0.4) is 0 Å². The van der Waals surface area contributed by atoms with Crippen molar-refractivity contribution in [2.75, 3.05) is 0 Å². The average molecular weight is 572 g/mol. The standard InChI is InChI=1S/C39H33N5/c1-25-12-6-8-16-30(26(25)2)37-41-38(33-18-10-11-23-40-33)43-39(42-37)44-34-22-20-28-15-7-9-17-31(28)36(34)32-21-19-29(24-35(32)44)27-13-4-3-5-14-27/h3-26,30,39H,1-2H3,(H,41,42,43). The predicted octanol–water partition coefficient (Wildman–Crippen LogP) is 8.93. The Labute approximate surface area is 257 Å². The zero-order valence-corrected chi connectivity index (χ0v) is 24.8. The molecule has 0 saturated carbocycles. The number of rotatable bonds is 4. The lowest BCUT2D eigenvalue weighted by molar-refractivity contribution is 0.410. The quantitative estimate of drug-likeness (QED) is 0.230. The Morgan fingerprint density at radius 3 is 2.36 bits per heavy atom. The summed E-state index contributed by atoms with van der Waals surface area (Å²) in [5.74, 6) is 2.52. The molecule has 5 nitrogen and oxygen atoms in total. The fourth-order valence-corrected chi connectivity index (χ4v) is 6.69. The molecule has 2 aliphatic rings. The van der Waals surface area contributed by atoms with Gasteiger partial charge in [-0.3, -0.25) is 9.55 Å². The number of hydrogen-bond donors (Lipinski definition) is 1. The van der Waals surface area contributed by atoms with Gasteiger partial charge in [0, 0.05) is 22.9 Å². The minimum absolute atomic E-state index is 0.102. The summed E-state index contributed by atoms with van der Waals surface area (Å²) in [5, 5.41) is 8.49. The van der Waals surface area contributed by atoms with Gasteiger partial charge in [-0.15, -0.1) is 0 Å². The molecular formula is C39H33N5. The van der Waals surface area contributed by atoms with E-state index < -0.39 is 6.29 Å². The number of nitrogens with one attached hydrogen (secondary N) is 1. The van der Waals surface area contributed by atoms with Crippen molar-refractivity contribution in [1.82, 2.24) is 14.9 Å². The highest BCUT2D eigenvalue weighted by molar-refractivity contribution is 6.21. The van der Waals surface area contributed by atoms with E-state index in [0.29, 0.717) is 11.8 Å². The largest absolute Gasteiger partial charge is 0.327 e. The number of pyridine rings is 1. The summed E-state index contributed by atoms with van der Waals surface area (Å²) in [5.41, 5.74) is 5.37. The van der Waals surface area contributed by atoms with E-state index in [1.807, 2.05) is 24.4 Å². The van der Waals surface area contributed by atoms with Crippen LogP contribution in [0.15, 0.2) is 144 Å². The van der Waals surface area contributed by atoms with Crippen LogP contribution in [-0.2, 0) is 0 Å². The lowest BCUT2D eigenvalue weighted by Gasteiger charge is -2.30. The van der Waals surface area contributed by atoms with Crippen molar-refractivity contribution in [3.63, 3.8) is 0 Å². The number of amidine groups is 2. The van der Waals surface area contributed by atoms with Crippen molar-refractivity contribution in [2.45, 2.75) is 20.1 Å². The fraction of sp³-hybridized carbons (Fsp3) is 0.154. The Hall–Kier alpha value is -5.29. The summed E-state index contributed by atoms with van der Waals surface area (Å²) < 4.78 is 2.32. The predicted molar refractivity (Wildman–Crippen MR) is 183 cm³/mol. The molecule has 2 aromatic heterocycles. The maximum absolute atomic E-state index is 5.41. The van der Waals surface area contributed by atoms with E-state index in [2.05, 4.69) is 138 Å². The molecule has 0 bridgehead atoms. The summed E-state index contributed by atoms with van der Waals surface area (Å²) in [6.07, 6.45) is 10.1. The highest BCUT2D eigenvalue weighted by Crippen LogP contribution is 2.40. The normalized spacial score (nSPS) is 21.7. The summed E-state index contributed by atoms with van der Waals surface area (Å²) in [7, 11) is 0. The van der Waals surface area contributed by atoms with Gasteiger partial charge in [-0.1, -0.05) is 117 Å². The lowest BCUT2D eigenvalue weighted by Crippen LogP contribution is -2.42. The highest BCUT2D eigenvalue weighted by atomic mass is 15.3. The first-order chi connectivity index (χ1) is 21.7. The van der Waals surface area contributed by atoms with Gasteiger partial charge in [0.05, 0.1) is 11.0 Å². The topological polar surface area (TPSA) is 54.6 Å². The second-order valence-corrected chi connectivity index (χ2v) is 11.8. The third-order valence-electron chi connectivity index (χ3n) is 9.24. The molecule has 6 aromatic rings. The molecule has 214 valence electrons. The van der Waals surface area contributed by atoms with E-state index >= 15 is 0 Å². The van der Waals surface area contributed by atoms with Crippen LogP contribution in [0.4, 0.5) is 0 Å². The summed E-state index contributed by atoms with van der Waals surface area (Å²) >= 11 is 0. The maximum Gasteiger partial charge on any atom is 0.224 e. The van der Waals surface area contributed by atoms with Crippen LogP contribution in [0.25, 0.3) is 43.7 Å². The first-order valence-corrected chi connectivity index (χ1v) is 15.4. The van der Waals surface area contributed by atoms with Gasteiger partial charge in [-0.25, -0.2) is 9.98 Å². The Kier molecular flexibility index (Phi) is 6.45. The van der Waals surface area contributed by atoms with Gasteiger partial charge in [0.1, 0.15) is 11.5 Å². The number of fused-ring (bicyclic) bond motifs is 5. The molecule has 3 heterocycles. The van der Waals surface area contributed by atoms with Crippen LogP contribution in [0.1, 0.15) is 25.8 Å². The van der Waals surface area contributed by atoms with Crippen molar-refractivity contribution in [3.8, 4) is 11.1 Å². The zero-order chi connectivity index (χ0) is 29.6. The number of aliphatic imine (C=N–C) groups is 2. The minimum Gasteiger partial charge on any atom is -0.327 e. The number of allylic oxidation sites excluding steroid dienone is 3. The van der Waals surface area contributed by atoms with Crippen LogP contribution in [-0.4, -0.2) is 21.2 Å². The summed E-state index contributed by atoms with van der Waals surface area (Å²) in [6.45, 7) is 4.58. The van der Waals surface area contributed by atoms with Crippen LogP contribution in [0.2, 0.25) is 0 Å². The summed E-state index contributed by atoms with van der Waals surface area (Å²) in [6, 6.07) is 36.4. The van der Waals surface area contributed by atoms with Crippen molar-refractivity contribution in [1.29, 1.82) is 0 Å². The zero-order valence-electron chi connectivity index (χ0n) is 24.8. The minimum atomic E-state index is -0.512. The Balaban J connectivity index is 1.41. The van der Waals surface area contributed by atoms with Gasteiger partial charge in [0.25, 0.3) is 0 Å². The number of nitrogens with zero attached hydrogens (tertiary/aromatic N) is 4. The summed E-state index contributed by atoms with van der Waals surface area (Å²) in [4.78, 5) is 15.4. The molecular weight excluding hydrogens is 538 g/mol. The van der Waals surface area contributed by atoms with E-state index in [1.54, 1.807) is 0 Å². The molecule has 8 rings (SSSR count). The SMILES string of the molecule is CC1C=CC=CC(C2=NC(n3c4cc(-c5ccccc5)ccc4c4c5ccccc5ccc43)N=C(c3ccccn3)N2)C1C. The van der Waals surface area contributed by atoms with Crippen molar-refractivity contribution >= 4 is 44.2 Å². The lowest BCUT2D eigenvalue weighted by atomic mass is 9.83. The van der Waals surface area contributed by atoms with Gasteiger partial charge in [-0.05, 0) is 58.0 Å². The average Bonchev–Trinajstić information content (AvgIpc) is 3.32. The van der Waals surface area contributed by atoms with E-state index in [1.165, 1.54) is 32.7 Å². The van der Waals surface area contributed by atoms with Crippen molar-refractivity contribution in [2.24, 2.45) is 27.7 Å². The molecule has 0 fully saturated rings. The van der Waals surface area contributed by atoms with Crippen molar-refractivity contribution < 1.29 is 0 Å². The monoisotopic (exact) mass is 571 g/mol. The van der Waals surface area contributed by atoms with E-state index in [4.69, 9.17) is 9.98 Å². The van der Waals surface area contributed by atoms with Gasteiger partial charge in [-0.2, -0.15) is 0 Å².